The zero-order chi connectivity index (χ0) is 15.5. The Hall–Kier alpha value is -3.07. The molecule has 0 amide bonds. The molecule has 0 unspecified atom stereocenters. The molecule has 0 spiro atoms. The van der Waals surface area contributed by atoms with Gasteiger partial charge in [0.1, 0.15) is 11.5 Å². The van der Waals surface area contributed by atoms with Crippen LogP contribution in [0.25, 0.3) is 11.1 Å². The summed E-state index contributed by atoms with van der Waals surface area (Å²) in [5, 5.41) is 19.1. The lowest BCUT2D eigenvalue weighted by Crippen LogP contribution is -2.01. The number of rotatable bonds is 3. The van der Waals surface area contributed by atoms with Crippen LogP contribution in [0.5, 0.6) is 11.5 Å². The first-order chi connectivity index (χ1) is 10.6. The molecule has 0 radical (unpaired) electrons. The van der Waals surface area contributed by atoms with E-state index in [-0.39, 0.29) is 22.8 Å². The number of carbonyl (C=O) groups is 1. The molecular weight excluding hydrogens is 276 g/mol. The first-order valence-corrected chi connectivity index (χ1v) is 6.87. The van der Waals surface area contributed by atoms with Crippen LogP contribution in [0.15, 0.2) is 72.8 Å². The van der Waals surface area contributed by atoms with Crippen LogP contribution in [0.4, 0.5) is 0 Å². The van der Waals surface area contributed by atoms with E-state index in [1.807, 2.05) is 42.5 Å². The fourth-order valence-corrected chi connectivity index (χ4v) is 2.31. The minimum absolute atomic E-state index is 0.0755. The standard InChI is InChI=1S/C19H14O3/c20-16-10-11-17(18(21)12-16)19(22)15-8-6-14(7-9-15)13-4-2-1-3-5-13/h1-12,20-21H. The van der Waals surface area contributed by atoms with Crippen LogP contribution in [-0.4, -0.2) is 16.0 Å². The van der Waals surface area contributed by atoms with Gasteiger partial charge < -0.3 is 10.2 Å². The quantitative estimate of drug-likeness (QED) is 0.717. The van der Waals surface area contributed by atoms with Gasteiger partial charge in [-0.25, -0.2) is 0 Å². The molecule has 3 nitrogen and oxygen atoms in total. The molecule has 22 heavy (non-hydrogen) atoms. The molecule has 3 aromatic carbocycles. The minimum Gasteiger partial charge on any atom is -0.508 e. The summed E-state index contributed by atoms with van der Waals surface area (Å²) in [7, 11) is 0. The molecule has 0 fully saturated rings. The van der Waals surface area contributed by atoms with Gasteiger partial charge in [-0.15, -0.1) is 0 Å². The Balaban J connectivity index is 1.91. The number of benzene rings is 3. The van der Waals surface area contributed by atoms with E-state index in [0.29, 0.717) is 5.56 Å². The lowest BCUT2D eigenvalue weighted by molar-refractivity contribution is 0.103. The normalized spacial score (nSPS) is 10.4. The highest BCUT2D eigenvalue weighted by Crippen LogP contribution is 2.26. The molecule has 0 heterocycles. The second kappa shape index (κ2) is 5.74. The zero-order valence-electron chi connectivity index (χ0n) is 11.7. The number of hydrogen-bond donors (Lipinski definition) is 2. The molecule has 0 saturated carbocycles. The Bertz CT molecular complexity index is 806. The zero-order valence-corrected chi connectivity index (χ0v) is 11.7. The van der Waals surface area contributed by atoms with Gasteiger partial charge in [0.05, 0.1) is 5.56 Å². The van der Waals surface area contributed by atoms with Crippen LogP contribution in [-0.2, 0) is 0 Å². The predicted molar refractivity (Wildman–Crippen MR) is 85.1 cm³/mol. The van der Waals surface area contributed by atoms with Crippen molar-refractivity contribution in [1.82, 2.24) is 0 Å². The average molecular weight is 290 g/mol. The van der Waals surface area contributed by atoms with Gasteiger partial charge in [0.15, 0.2) is 5.78 Å². The lowest BCUT2D eigenvalue weighted by atomic mass is 9.99. The number of ketones is 1. The fraction of sp³-hybridized carbons (Fsp3) is 0. The SMILES string of the molecule is O=C(c1ccc(-c2ccccc2)cc1)c1ccc(O)cc1O. The highest BCUT2D eigenvalue weighted by atomic mass is 16.3. The van der Waals surface area contributed by atoms with Gasteiger partial charge in [-0.2, -0.15) is 0 Å². The molecule has 0 saturated heterocycles. The first kappa shape index (κ1) is 13.9. The van der Waals surface area contributed by atoms with E-state index in [4.69, 9.17) is 0 Å². The molecule has 0 aliphatic carbocycles. The molecule has 0 aromatic heterocycles. The summed E-state index contributed by atoms with van der Waals surface area (Å²) in [5.41, 5.74) is 2.76. The maximum Gasteiger partial charge on any atom is 0.196 e. The van der Waals surface area contributed by atoms with Crippen LogP contribution in [0.2, 0.25) is 0 Å². The summed E-state index contributed by atoms with van der Waals surface area (Å²) in [6, 6.07) is 21.1. The third-order valence-corrected chi connectivity index (χ3v) is 3.48. The Kier molecular flexibility index (Phi) is 3.62. The molecule has 0 atom stereocenters. The second-order valence-corrected chi connectivity index (χ2v) is 4.97. The molecular formula is C19H14O3. The summed E-state index contributed by atoms with van der Waals surface area (Å²) >= 11 is 0. The molecule has 3 rings (SSSR count). The Morgan fingerprint density at radius 2 is 1.36 bits per heavy atom. The maximum atomic E-state index is 12.4. The molecule has 3 heteroatoms. The van der Waals surface area contributed by atoms with E-state index < -0.39 is 0 Å². The van der Waals surface area contributed by atoms with Gasteiger partial charge in [-0.1, -0.05) is 54.6 Å². The van der Waals surface area contributed by atoms with Gasteiger partial charge >= 0.3 is 0 Å². The molecule has 0 aliphatic rings. The summed E-state index contributed by atoms with van der Waals surface area (Å²) in [6.45, 7) is 0. The third-order valence-electron chi connectivity index (χ3n) is 3.48. The highest BCUT2D eigenvalue weighted by molar-refractivity contribution is 6.10. The number of hydrogen-bond acceptors (Lipinski definition) is 3. The van der Waals surface area contributed by atoms with E-state index in [0.717, 1.165) is 17.2 Å². The van der Waals surface area contributed by atoms with Crippen molar-refractivity contribution in [3.05, 3.63) is 83.9 Å². The van der Waals surface area contributed by atoms with Crippen molar-refractivity contribution in [3.63, 3.8) is 0 Å². The van der Waals surface area contributed by atoms with Gasteiger partial charge in [-0.05, 0) is 23.3 Å². The van der Waals surface area contributed by atoms with Crippen molar-refractivity contribution in [2.45, 2.75) is 0 Å². The minimum atomic E-state index is -0.280. The van der Waals surface area contributed by atoms with E-state index >= 15 is 0 Å². The van der Waals surface area contributed by atoms with Crippen LogP contribution >= 0.6 is 0 Å². The smallest absolute Gasteiger partial charge is 0.196 e. The summed E-state index contributed by atoms with van der Waals surface area (Å²) in [5.74, 6) is -0.581. The van der Waals surface area contributed by atoms with Crippen molar-refractivity contribution in [2.75, 3.05) is 0 Å². The van der Waals surface area contributed by atoms with E-state index in [2.05, 4.69) is 0 Å². The van der Waals surface area contributed by atoms with E-state index in [1.54, 1.807) is 12.1 Å². The van der Waals surface area contributed by atoms with Crippen LogP contribution in [0.1, 0.15) is 15.9 Å². The van der Waals surface area contributed by atoms with Gasteiger partial charge in [0.2, 0.25) is 0 Å². The highest BCUT2D eigenvalue weighted by Gasteiger charge is 2.14. The molecule has 2 N–H and O–H groups in total. The molecule has 3 aromatic rings. The predicted octanol–water partition coefficient (Wildman–Crippen LogP) is 4.00. The first-order valence-electron chi connectivity index (χ1n) is 6.87. The van der Waals surface area contributed by atoms with Crippen LogP contribution in [0.3, 0.4) is 0 Å². The van der Waals surface area contributed by atoms with E-state index in [1.165, 1.54) is 12.1 Å². The Morgan fingerprint density at radius 1 is 0.727 bits per heavy atom. The number of phenolic OH excluding ortho intramolecular Hbond substituents is 2. The van der Waals surface area contributed by atoms with Crippen molar-refractivity contribution in [2.24, 2.45) is 0 Å². The number of carbonyl (C=O) groups excluding carboxylic acids is 1. The van der Waals surface area contributed by atoms with Crippen molar-refractivity contribution in [1.29, 1.82) is 0 Å². The Labute approximate surface area is 128 Å². The summed E-state index contributed by atoms with van der Waals surface area (Å²) in [4.78, 5) is 12.4. The molecule has 0 aliphatic heterocycles. The van der Waals surface area contributed by atoms with E-state index in [9.17, 15) is 15.0 Å². The molecule has 108 valence electrons. The largest absolute Gasteiger partial charge is 0.508 e. The summed E-state index contributed by atoms with van der Waals surface area (Å²) < 4.78 is 0. The Morgan fingerprint density at radius 3 is 2.00 bits per heavy atom. The van der Waals surface area contributed by atoms with Gasteiger partial charge in [-0.3, -0.25) is 4.79 Å². The fourth-order valence-electron chi connectivity index (χ4n) is 2.31. The third kappa shape index (κ3) is 2.69. The van der Waals surface area contributed by atoms with Crippen molar-refractivity contribution >= 4 is 5.78 Å². The lowest BCUT2D eigenvalue weighted by Gasteiger charge is -2.06. The van der Waals surface area contributed by atoms with Gasteiger partial charge in [0.25, 0.3) is 0 Å². The van der Waals surface area contributed by atoms with Crippen LogP contribution < -0.4 is 0 Å². The monoisotopic (exact) mass is 290 g/mol. The second-order valence-electron chi connectivity index (χ2n) is 4.97. The van der Waals surface area contributed by atoms with Crippen LogP contribution in [0, 0.1) is 0 Å². The van der Waals surface area contributed by atoms with Gasteiger partial charge in [0, 0.05) is 11.6 Å². The number of phenols is 2. The average Bonchev–Trinajstić information content (AvgIpc) is 2.55. The number of aromatic hydroxyl groups is 2. The summed E-state index contributed by atoms with van der Waals surface area (Å²) in [6.07, 6.45) is 0. The molecule has 0 bridgehead atoms. The van der Waals surface area contributed by atoms with Crippen molar-refractivity contribution in [3.8, 4) is 22.6 Å². The maximum absolute atomic E-state index is 12.4. The van der Waals surface area contributed by atoms with Crippen molar-refractivity contribution < 1.29 is 15.0 Å². The topological polar surface area (TPSA) is 57.5 Å².